The summed E-state index contributed by atoms with van der Waals surface area (Å²) in [6.45, 7) is 0. The van der Waals surface area contributed by atoms with Gasteiger partial charge in [0.1, 0.15) is 11.5 Å². The summed E-state index contributed by atoms with van der Waals surface area (Å²) in [6, 6.07) is 13.6. The van der Waals surface area contributed by atoms with E-state index in [1.807, 2.05) is 24.3 Å². The molecular weight excluding hydrogens is 335 g/mol. The first-order valence-corrected chi connectivity index (χ1v) is 7.04. The molecule has 0 unspecified atom stereocenters. The molecule has 21 heavy (non-hydrogen) atoms. The van der Waals surface area contributed by atoms with Gasteiger partial charge >= 0.3 is 0 Å². The van der Waals surface area contributed by atoms with Gasteiger partial charge in [-0.15, -0.1) is 0 Å². The molecule has 0 N–H and O–H groups in total. The zero-order valence-electron chi connectivity index (χ0n) is 10.8. The van der Waals surface area contributed by atoms with Gasteiger partial charge in [0.15, 0.2) is 6.29 Å². The van der Waals surface area contributed by atoms with Gasteiger partial charge in [-0.3, -0.25) is 4.79 Å². The number of aldehydes is 1. The first-order valence-electron chi connectivity index (χ1n) is 6.25. The second-order valence-electron chi connectivity index (χ2n) is 4.46. The molecule has 3 aromatic rings. The van der Waals surface area contributed by atoms with Crippen molar-refractivity contribution in [1.29, 1.82) is 0 Å². The maximum absolute atomic E-state index is 13.4. The Bertz CT molecular complexity index is 814. The van der Waals surface area contributed by atoms with Gasteiger partial charge in [0, 0.05) is 16.2 Å². The second kappa shape index (κ2) is 5.61. The van der Waals surface area contributed by atoms with Crippen molar-refractivity contribution in [2.75, 3.05) is 0 Å². The highest BCUT2D eigenvalue weighted by Gasteiger charge is 2.13. The SMILES string of the molecule is O=Cc1cn(-c2ccccc2Br)nc1-c1cccc(F)c1. The molecule has 0 aliphatic heterocycles. The summed E-state index contributed by atoms with van der Waals surface area (Å²) in [5, 5.41) is 4.41. The van der Waals surface area contributed by atoms with Crippen LogP contribution in [0.1, 0.15) is 10.4 Å². The van der Waals surface area contributed by atoms with Gasteiger partial charge in [-0.25, -0.2) is 9.07 Å². The zero-order valence-corrected chi connectivity index (χ0v) is 12.4. The Morgan fingerprint density at radius 2 is 1.95 bits per heavy atom. The van der Waals surface area contributed by atoms with E-state index < -0.39 is 0 Å². The van der Waals surface area contributed by atoms with E-state index >= 15 is 0 Å². The predicted octanol–water partition coefficient (Wildman–Crippen LogP) is 4.25. The van der Waals surface area contributed by atoms with Crippen molar-refractivity contribution in [3.8, 4) is 16.9 Å². The molecule has 0 saturated heterocycles. The fourth-order valence-corrected chi connectivity index (χ4v) is 2.56. The van der Waals surface area contributed by atoms with Crippen LogP contribution in [-0.2, 0) is 0 Å². The first kappa shape index (κ1) is 13.7. The molecule has 0 atom stereocenters. The molecule has 0 aliphatic carbocycles. The Kier molecular flexibility index (Phi) is 3.66. The number of hydrogen-bond donors (Lipinski definition) is 0. The molecule has 0 aliphatic rings. The van der Waals surface area contributed by atoms with E-state index in [0.29, 0.717) is 16.8 Å². The number of para-hydroxylation sites is 1. The molecule has 3 nitrogen and oxygen atoms in total. The minimum absolute atomic E-state index is 0.361. The van der Waals surface area contributed by atoms with Crippen LogP contribution in [0.25, 0.3) is 16.9 Å². The van der Waals surface area contributed by atoms with Gasteiger partial charge < -0.3 is 0 Å². The van der Waals surface area contributed by atoms with Crippen molar-refractivity contribution in [1.82, 2.24) is 9.78 Å². The third kappa shape index (κ3) is 2.64. The Balaban J connectivity index is 2.15. The lowest BCUT2D eigenvalue weighted by molar-refractivity contribution is 0.112. The zero-order chi connectivity index (χ0) is 14.8. The third-order valence-corrected chi connectivity index (χ3v) is 3.74. The van der Waals surface area contributed by atoms with Gasteiger partial charge in [-0.1, -0.05) is 24.3 Å². The number of carbonyl (C=O) groups excluding carboxylic acids is 1. The second-order valence-corrected chi connectivity index (χ2v) is 5.31. The maximum atomic E-state index is 13.4. The third-order valence-electron chi connectivity index (χ3n) is 3.07. The van der Waals surface area contributed by atoms with Crippen LogP contribution >= 0.6 is 15.9 Å². The largest absolute Gasteiger partial charge is 0.298 e. The number of carbonyl (C=O) groups is 1. The van der Waals surface area contributed by atoms with E-state index in [1.165, 1.54) is 12.1 Å². The molecule has 0 fully saturated rings. The van der Waals surface area contributed by atoms with E-state index in [0.717, 1.165) is 16.4 Å². The molecule has 3 rings (SSSR count). The summed E-state index contributed by atoms with van der Waals surface area (Å²) in [5.41, 5.74) is 2.25. The van der Waals surface area contributed by atoms with Crippen molar-refractivity contribution in [3.05, 3.63) is 70.6 Å². The molecule has 104 valence electrons. The quantitative estimate of drug-likeness (QED) is 0.665. The average molecular weight is 345 g/mol. The van der Waals surface area contributed by atoms with Gasteiger partial charge in [0.05, 0.1) is 11.3 Å². The predicted molar refractivity (Wildman–Crippen MR) is 82.0 cm³/mol. The van der Waals surface area contributed by atoms with E-state index in [4.69, 9.17) is 0 Å². The fourth-order valence-electron chi connectivity index (χ4n) is 2.09. The number of benzene rings is 2. The van der Waals surface area contributed by atoms with Crippen molar-refractivity contribution >= 4 is 22.2 Å². The van der Waals surface area contributed by atoms with E-state index in [9.17, 15) is 9.18 Å². The van der Waals surface area contributed by atoms with Crippen LogP contribution in [0.5, 0.6) is 0 Å². The maximum Gasteiger partial charge on any atom is 0.153 e. The van der Waals surface area contributed by atoms with Crippen LogP contribution in [0.15, 0.2) is 59.2 Å². The van der Waals surface area contributed by atoms with Crippen molar-refractivity contribution in [3.63, 3.8) is 0 Å². The molecule has 0 spiro atoms. The molecule has 0 saturated carbocycles. The molecule has 0 amide bonds. The first-order chi connectivity index (χ1) is 10.2. The molecular formula is C16H10BrFN2O. The van der Waals surface area contributed by atoms with Gasteiger partial charge in [0.2, 0.25) is 0 Å². The summed E-state index contributed by atoms with van der Waals surface area (Å²) >= 11 is 3.45. The number of hydrogen-bond acceptors (Lipinski definition) is 2. The fraction of sp³-hybridized carbons (Fsp3) is 0. The Labute approximate surface area is 129 Å². The Morgan fingerprint density at radius 3 is 2.67 bits per heavy atom. The van der Waals surface area contributed by atoms with E-state index in [1.54, 1.807) is 23.0 Å². The molecule has 0 bridgehead atoms. The molecule has 1 heterocycles. The summed E-state index contributed by atoms with van der Waals surface area (Å²) in [4.78, 5) is 11.3. The molecule has 1 aromatic heterocycles. The lowest BCUT2D eigenvalue weighted by atomic mass is 10.1. The van der Waals surface area contributed by atoms with Gasteiger partial charge in [-0.2, -0.15) is 5.10 Å². The summed E-state index contributed by atoms with van der Waals surface area (Å²) in [5.74, 6) is -0.361. The number of aromatic nitrogens is 2. The van der Waals surface area contributed by atoms with E-state index in [2.05, 4.69) is 21.0 Å². The highest BCUT2D eigenvalue weighted by Crippen LogP contribution is 2.26. The van der Waals surface area contributed by atoms with Crippen LogP contribution in [0.2, 0.25) is 0 Å². The van der Waals surface area contributed by atoms with Crippen LogP contribution in [0, 0.1) is 5.82 Å². The van der Waals surface area contributed by atoms with Crippen molar-refractivity contribution in [2.24, 2.45) is 0 Å². The molecule has 0 radical (unpaired) electrons. The lowest BCUT2D eigenvalue weighted by Crippen LogP contribution is -1.95. The van der Waals surface area contributed by atoms with E-state index in [-0.39, 0.29) is 5.82 Å². The van der Waals surface area contributed by atoms with Crippen molar-refractivity contribution in [2.45, 2.75) is 0 Å². The highest BCUT2D eigenvalue weighted by molar-refractivity contribution is 9.10. The summed E-state index contributed by atoms with van der Waals surface area (Å²) < 4.78 is 15.8. The number of rotatable bonds is 3. The Morgan fingerprint density at radius 1 is 1.14 bits per heavy atom. The molecule has 5 heteroatoms. The summed E-state index contributed by atoms with van der Waals surface area (Å²) in [6.07, 6.45) is 2.36. The lowest BCUT2D eigenvalue weighted by Gasteiger charge is -2.03. The normalized spacial score (nSPS) is 10.6. The van der Waals surface area contributed by atoms with Crippen LogP contribution in [0.3, 0.4) is 0 Å². The van der Waals surface area contributed by atoms with Crippen LogP contribution < -0.4 is 0 Å². The monoisotopic (exact) mass is 344 g/mol. The van der Waals surface area contributed by atoms with Crippen molar-refractivity contribution < 1.29 is 9.18 Å². The van der Waals surface area contributed by atoms with Gasteiger partial charge in [0.25, 0.3) is 0 Å². The van der Waals surface area contributed by atoms with Crippen LogP contribution in [0.4, 0.5) is 4.39 Å². The summed E-state index contributed by atoms with van der Waals surface area (Å²) in [7, 11) is 0. The number of halogens is 2. The minimum atomic E-state index is -0.361. The standard InChI is InChI=1S/C16H10BrFN2O/c17-14-6-1-2-7-15(14)20-9-12(10-21)16(19-20)11-4-3-5-13(18)8-11/h1-10H. The highest BCUT2D eigenvalue weighted by atomic mass is 79.9. The Hall–Kier alpha value is -2.27. The van der Waals surface area contributed by atoms with Crippen LogP contribution in [-0.4, -0.2) is 16.1 Å². The van der Waals surface area contributed by atoms with Gasteiger partial charge in [-0.05, 0) is 40.2 Å². The topological polar surface area (TPSA) is 34.9 Å². The number of nitrogens with zero attached hydrogens (tertiary/aromatic N) is 2. The average Bonchev–Trinajstić information content (AvgIpc) is 2.92. The smallest absolute Gasteiger partial charge is 0.153 e. The minimum Gasteiger partial charge on any atom is -0.298 e. The molecule has 2 aromatic carbocycles.